The third-order valence-electron chi connectivity index (χ3n) is 6.12. The lowest BCUT2D eigenvalue weighted by Gasteiger charge is -2.34. The van der Waals surface area contributed by atoms with Crippen LogP contribution >= 0.6 is 0 Å². The van der Waals surface area contributed by atoms with Crippen LogP contribution in [0.5, 0.6) is 0 Å². The summed E-state index contributed by atoms with van der Waals surface area (Å²) in [6, 6.07) is 0. The highest BCUT2D eigenvalue weighted by Gasteiger charge is 2.40. The minimum Gasteiger partial charge on any atom is -0.316 e. The molecule has 4 unspecified atom stereocenters. The van der Waals surface area contributed by atoms with Gasteiger partial charge in [-0.2, -0.15) is 0 Å². The van der Waals surface area contributed by atoms with E-state index in [1.165, 1.54) is 58.3 Å². The molecular formula is C16H30N2. The summed E-state index contributed by atoms with van der Waals surface area (Å²) in [6.45, 7) is 7.52. The van der Waals surface area contributed by atoms with Crippen LogP contribution in [0.2, 0.25) is 0 Å². The van der Waals surface area contributed by atoms with Crippen LogP contribution in [0, 0.1) is 23.2 Å². The first-order valence-corrected chi connectivity index (χ1v) is 8.10. The Hall–Kier alpha value is -0.0800. The van der Waals surface area contributed by atoms with Gasteiger partial charge in [-0.05, 0) is 68.9 Å². The van der Waals surface area contributed by atoms with E-state index in [-0.39, 0.29) is 0 Å². The Balaban J connectivity index is 1.51. The van der Waals surface area contributed by atoms with Gasteiger partial charge in [0, 0.05) is 19.6 Å². The number of nitrogens with zero attached hydrogens (tertiary/aromatic N) is 1. The molecule has 1 saturated heterocycles. The van der Waals surface area contributed by atoms with Gasteiger partial charge in [0.2, 0.25) is 0 Å². The average Bonchev–Trinajstić information content (AvgIpc) is 3.04. The van der Waals surface area contributed by atoms with Crippen LogP contribution in [-0.4, -0.2) is 38.1 Å². The lowest BCUT2D eigenvalue weighted by atomic mass is 9.83. The zero-order valence-electron chi connectivity index (χ0n) is 12.3. The molecule has 2 aliphatic carbocycles. The third kappa shape index (κ3) is 2.46. The van der Waals surface area contributed by atoms with Crippen LogP contribution in [0.15, 0.2) is 0 Å². The van der Waals surface area contributed by atoms with Crippen molar-refractivity contribution in [3.8, 4) is 0 Å². The standard InChI is InChI=1S/C16H30N2/c1-3-16(6-7-17-11-16)12-18(2)10-15-9-13-4-5-14(15)8-13/h13-15,17H,3-12H2,1-2H3. The summed E-state index contributed by atoms with van der Waals surface area (Å²) in [5.41, 5.74) is 0.576. The van der Waals surface area contributed by atoms with E-state index in [9.17, 15) is 0 Å². The molecule has 0 aromatic carbocycles. The molecule has 2 bridgehead atoms. The Labute approximate surface area is 113 Å². The van der Waals surface area contributed by atoms with Crippen LogP contribution in [0.25, 0.3) is 0 Å². The molecule has 2 nitrogen and oxygen atoms in total. The molecule has 104 valence electrons. The monoisotopic (exact) mass is 250 g/mol. The normalized spacial score (nSPS) is 43.2. The first-order valence-electron chi connectivity index (χ1n) is 8.10. The van der Waals surface area contributed by atoms with Crippen LogP contribution in [0.1, 0.15) is 45.4 Å². The highest BCUT2D eigenvalue weighted by Crippen LogP contribution is 2.48. The van der Waals surface area contributed by atoms with Crippen molar-refractivity contribution in [2.24, 2.45) is 23.2 Å². The van der Waals surface area contributed by atoms with Gasteiger partial charge < -0.3 is 10.2 Å². The fraction of sp³-hybridized carbons (Fsp3) is 1.00. The summed E-state index contributed by atoms with van der Waals surface area (Å²) in [4.78, 5) is 2.65. The van der Waals surface area contributed by atoms with E-state index in [0.717, 1.165) is 17.8 Å². The number of hydrogen-bond acceptors (Lipinski definition) is 2. The average molecular weight is 250 g/mol. The molecule has 18 heavy (non-hydrogen) atoms. The van der Waals surface area contributed by atoms with Gasteiger partial charge in [0.1, 0.15) is 0 Å². The summed E-state index contributed by atoms with van der Waals surface area (Å²) in [5, 5.41) is 3.56. The van der Waals surface area contributed by atoms with Crippen molar-refractivity contribution in [2.75, 3.05) is 33.2 Å². The lowest BCUT2D eigenvalue weighted by Crippen LogP contribution is -2.39. The SMILES string of the molecule is CCC1(CN(C)CC2CC3CCC2C3)CCNC1. The molecule has 0 amide bonds. The maximum absolute atomic E-state index is 3.56. The smallest absolute Gasteiger partial charge is 0.00476 e. The van der Waals surface area contributed by atoms with Crippen molar-refractivity contribution in [1.29, 1.82) is 0 Å². The van der Waals surface area contributed by atoms with Gasteiger partial charge in [-0.15, -0.1) is 0 Å². The zero-order chi connectivity index (χ0) is 12.6. The molecule has 1 N–H and O–H groups in total. The third-order valence-corrected chi connectivity index (χ3v) is 6.12. The minimum absolute atomic E-state index is 0.576. The van der Waals surface area contributed by atoms with Gasteiger partial charge >= 0.3 is 0 Å². The van der Waals surface area contributed by atoms with Crippen molar-refractivity contribution in [2.45, 2.75) is 45.4 Å². The van der Waals surface area contributed by atoms with Gasteiger partial charge in [0.25, 0.3) is 0 Å². The summed E-state index contributed by atoms with van der Waals surface area (Å²) in [5.74, 6) is 3.20. The second-order valence-corrected chi connectivity index (χ2v) is 7.41. The van der Waals surface area contributed by atoms with Gasteiger partial charge in [0.15, 0.2) is 0 Å². The number of hydrogen-bond donors (Lipinski definition) is 1. The molecule has 3 rings (SSSR count). The first kappa shape index (κ1) is 12.9. The molecule has 1 aliphatic heterocycles. The van der Waals surface area contributed by atoms with Gasteiger partial charge in [-0.1, -0.05) is 13.3 Å². The van der Waals surface area contributed by atoms with Crippen LogP contribution in [0.3, 0.4) is 0 Å². The van der Waals surface area contributed by atoms with Crippen LogP contribution in [0.4, 0.5) is 0 Å². The summed E-state index contributed by atoms with van der Waals surface area (Å²) in [7, 11) is 2.36. The number of fused-ring (bicyclic) bond motifs is 2. The fourth-order valence-electron chi connectivity index (χ4n) is 4.98. The molecular weight excluding hydrogens is 220 g/mol. The quantitative estimate of drug-likeness (QED) is 0.807. The van der Waals surface area contributed by atoms with Crippen molar-refractivity contribution >= 4 is 0 Å². The molecule has 2 saturated carbocycles. The van der Waals surface area contributed by atoms with E-state index < -0.39 is 0 Å². The molecule has 0 aromatic heterocycles. The molecule has 3 aliphatic rings. The maximum atomic E-state index is 3.56. The Bertz CT molecular complexity index is 283. The van der Waals surface area contributed by atoms with E-state index in [4.69, 9.17) is 0 Å². The Morgan fingerprint density at radius 1 is 1.28 bits per heavy atom. The molecule has 0 aromatic rings. The largest absolute Gasteiger partial charge is 0.316 e. The molecule has 3 fully saturated rings. The van der Waals surface area contributed by atoms with E-state index in [2.05, 4.69) is 24.2 Å². The van der Waals surface area contributed by atoms with Crippen LogP contribution in [-0.2, 0) is 0 Å². The Kier molecular flexibility index (Phi) is 3.68. The Morgan fingerprint density at radius 3 is 2.72 bits per heavy atom. The molecule has 4 atom stereocenters. The fourth-order valence-corrected chi connectivity index (χ4v) is 4.98. The molecule has 0 spiro atoms. The predicted molar refractivity (Wildman–Crippen MR) is 76.6 cm³/mol. The molecule has 2 heteroatoms. The van der Waals surface area contributed by atoms with Crippen molar-refractivity contribution in [3.05, 3.63) is 0 Å². The summed E-state index contributed by atoms with van der Waals surface area (Å²) in [6.07, 6.45) is 8.87. The highest BCUT2D eigenvalue weighted by molar-refractivity contribution is 4.93. The van der Waals surface area contributed by atoms with Crippen LogP contribution < -0.4 is 5.32 Å². The van der Waals surface area contributed by atoms with Crippen molar-refractivity contribution in [1.82, 2.24) is 10.2 Å². The van der Waals surface area contributed by atoms with E-state index >= 15 is 0 Å². The lowest BCUT2D eigenvalue weighted by molar-refractivity contribution is 0.147. The van der Waals surface area contributed by atoms with Crippen molar-refractivity contribution < 1.29 is 0 Å². The molecule has 0 radical (unpaired) electrons. The number of rotatable bonds is 5. The van der Waals surface area contributed by atoms with E-state index in [1.54, 1.807) is 6.42 Å². The summed E-state index contributed by atoms with van der Waals surface area (Å²) < 4.78 is 0. The van der Waals surface area contributed by atoms with Gasteiger partial charge in [-0.3, -0.25) is 0 Å². The van der Waals surface area contributed by atoms with Gasteiger partial charge in [-0.25, -0.2) is 0 Å². The first-order chi connectivity index (χ1) is 8.71. The van der Waals surface area contributed by atoms with Gasteiger partial charge in [0.05, 0.1) is 0 Å². The van der Waals surface area contributed by atoms with E-state index in [0.29, 0.717) is 5.41 Å². The zero-order valence-corrected chi connectivity index (χ0v) is 12.3. The highest BCUT2D eigenvalue weighted by atomic mass is 15.1. The summed E-state index contributed by atoms with van der Waals surface area (Å²) >= 11 is 0. The topological polar surface area (TPSA) is 15.3 Å². The van der Waals surface area contributed by atoms with E-state index in [1.807, 2.05) is 0 Å². The second-order valence-electron chi connectivity index (χ2n) is 7.41. The second kappa shape index (κ2) is 5.13. The maximum Gasteiger partial charge on any atom is 0.00476 e. The van der Waals surface area contributed by atoms with Crippen molar-refractivity contribution in [3.63, 3.8) is 0 Å². The Morgan fingerprint density at radius 2 is 2.17 bits per heavy atom. The predicted octanol–water partition coefficient (Wildman–Crippen LogP) is 2.74. The number of nitrogens with one attached hydrogen (secondary N) is 1. The minimum atomic E-state index is 0.576. The molecule has 1 heterocycles.